The van der Waals surface area contributed by atoms with Crippen LogP contribution in [0.5, 0.6) is 0 Å². The summed E-state index contributed by atoms with van der Waals surface area (Å²) >= 11 is 0.813. The molecule has 2 aromatic heterocycles. The van der Waals surface area contributed by atoms with Gasteiger partial charge in [0, 0.05) is 0 Å². The molecule has 0 nitrogen and oxygen atoms in total. The van der Waals surface area contributed by atoms with Crippen molar-refractivity contribution >= 4 is 79.7 Å². The summed E-state index contributed by atoms with van der Waals surface area (Å²) in [4.78, 5) is 0. The van der Waals surface area contributed by atoms with Gasteiger partial charge in [0.25, 0.3) is 0 Å². The Hall–Kier alpha value is -1.82. The molecule has 0 N–H and O–H groups in total. The van der Waals surface area contributed by atoms with E-state index < -0.39 is 0 Å². The van der Waals surface area contributed by atoms with Crippen LogP contribution >= 0.6 is 0 Å². The summed E-state index contributed by atoms with van der Waals surface area (Å²) in [5, 5.41) is 5.68. The quantitative estimate of drug-likeness (QED) is 0.312. The van der Waals surface area contributed by atoms with E-state index >= 15 is 0 Å². The average molecular weight is 436 g/mol. The zero-order valence-electron chi connectivity index (χ0n) is 13.0. The molecule has 5 aromatic rings. The van der Waals surface area contributed by atoms with Crippen LogP contribution < -0.4 is 0 Å². The normalized spacial score (nSPS) is 11.7. The number of benzene rings is 3. The summed E-state index contributed by atoms with van der Waals surface area (Å²) in [5.74, 6) is 0. The average Bonchev–Trinajstić information content (AvgIpc) is 3.13. The van der Waals surface area contributed by atoms with Crippen molar-refractivity contribution in [2.75, 3.05) is 0 Å². The van der Waals surface area contributed by atoms with Crippen molar-refractivity contribution in [2.45, 2.75) is 0 Å². The topological polar surface area (TPSA) is 0 Å². The molecule has 0 saturated heterocycles. The third-order valence-corrected chi connectivity index (χ3v) is 10.2. The molecule has 114 valence electrons. The first-order chi connectivity index (χ1) is 11.8. The molecule has 0 aliphatic heterocycles. The van der Waals surface area contributed by atoms with Gasteiger partial charge >= 0.3 is 153 Å². The zero-order chi connectivity index (χ0) is 16.3. The Morgan fingerprint density at radius 3 is 1.88 bits per heavy atom. The molecule has 0 fully saturated rings. The molecule has 2 heteroatoms. The van der Waals surface area contributed by atoms with Crippen LogP contribution in [0.2, 0.25) is 0 Å². The molecule has 0 unspecified atom stereocenters. The van der Waals surface area contributed by atoms with Crippen LogP contribution in [0.1, 0.15) is 11.1 Å². The summed E-state index contributed by atoms with van der Waals surface area (Å²) in [7, 11) is 0. The third-order valence-electron chi connectivity index (χ3n) is 4.59. The van der Waals surface area contributed by atoms with E-state index in [-0.39, 0.29) is 0 Å². The van der Waals surface area contributed by atoms with Gasteiger partial charge in [0.05, 0.1) is 0 Å². The van der Waals surface area contributed by atoms with Crippen molar-refractivity contribution in [3.8, 4) is 0 Å². The van der Waals surface area contributed by atoms with Crippen LogP contribution in [0.3, 0.4) is 0 Å². The molecule has 0 saturated carbocycles. The summed E-state index contributed by atoms with van der Waals surface area (Å²) in [6, 6.07) is 18.2. The van der Waals surface area contributed by atoms with E-state index in [0.29, 0.717) is 29.0 Å². The van der Waals surface area contributed by atoms with Crippen molar-refractivity contribution in [1.82, 2.24) is 0 Å². The van der Waals surface area contributed by atoms with Gasteiger partial charge in [0.2, 0.25) is 0 Å². The van der Waals surface area contributed by atoms with Crippen LogP contribution in [0.15, 0.2) is 61.7 Å². The fourth-order valence-corrected chi connectivity index (χ4v) is 9.80. The van der Waals surface area contributed by atoms with Gasteiger partial charge in [-0.25, -0.2) is 0 Å². The molecule has 0 aliphatic carbocycles. The van der Waals surface area contributed by atoms with Gasteiger partial charge < -0.3 is 0 Å². The number of hydrogen-bond donors (Lipinski definition) is 0. The van der Waals surface area contributed by atoms with Crippen molar-refractivity contribution in [3.63, 3.8) is 0 Å². The predicted octanol–water partition coefficient (Wildman–Crippen LogP) is 5.70. The van der Waals surface area contributed by atoms with E-state index in [1.54, 1.807) is 12.8 Å². The first kappa shape index (κ1) is 14.5. The molecule has 0 radical (unpaired) electrons. The summed E-state index contributed by atoms with van der Waals surface area (Å²) in [5.41, 5.74) is 2.41. The second-order valence-electron chi connectivity index (χ2n) is 5.94. The Morgan fingerprint density at radius 1 is 0.667 bits per heavy atom. The minimum atomic E-state index is 0.400. The summed E-state index contributed by atoms with van der Waals surface area (Å²) < 4.78 is 6.26. The van der Waals surface area contributed by atoms with Gasteiger partial charge in [-0.1, -0.05) is 0 Å². The van der Waals surface area contributed by atoms with Gasteiger partial charge in [-0.05, 0) is 0 Å². The Kier molecular flexibility index (Phi) is 3.23. The van der Waals surface area contributed by atoms with Gasteiger partial charge in [0.15, 0.2) is 0 Å². The molecule has 2 heterocycles. The van der Waals surface area contributed by atoms with E-state index in [1.165, 1.54) is 36.9 Å². The fourth-order valence-electron chi connectivity index (χ4n) is 3.38. The Bertz CT molecular complexity index is 1280. The van der Waals surface area contributed by atoms with Crippen molar-refractivity contribution in [1.29, 1.82) is 0 Å². The molecule has 5 rings (SSSR count). The first-order valence-corrected chi connectivity index (χ1v) is 11.3. The van der Waals surface area contributed by atoms with Crippen LogP contribution in [0.25, 0.3) is 50.7 Å². The van der Waals surface area contributed by atoms with Crippen molar-refractivity contribution < 1.29 is 0 Å². The van der Waals surface area contributed by atoms with E-state index in [9.17, 15) is 0 Å². The fraction of sp³-hybridized carbons (Fsp3) is 0. The second-order valence-corrected chi connectivity index (χ2v) is 10.4. The predicted molar refractivity (Wildman–Crippen MR) is 111 cm³/mol. The Morgan fingerprint density at radius 2 is 1.21 bits per heavy atom. The van der Waals surface area contributed by atoms with E-state index in [2.05, 4.69) is 61.7 Å². The summed E-state index contributed by atoms with van der Waals surface area (Å²) in [6.45, 7) is 7.93. The van der Waals surface area contributed by atoms with Gasteiger partial charge in [0.1, 0.15) is 0 Å². The van der Waals surface area contributed by atoms with Crippen LogP contribution in [0.4, 0.5) is 0 Å². The Balaban J connectivity index is 1.95. The molecule has 0 aliphatic rings. The molecule has 0 spiro atoms. The molecule has 0 amide bonds. The summed E-state index contributed by atoms with van der Waals surface area (Å²) in [6.07, 6.45) is 3.90. The maximum atomic E-state index is 3.97. The van der Waals surface area contributed by atoms with Crippen LogP contribution in [-0.4, -0.2) is 29.0 Å². The first-order valence-electron chi connectivity index (χ1n) is 7.85. The molecule has 0 atom stereocenters. The zero-order valence-corrected chi connectivity index (χ0v) is 16.4. The molecule has 3 aromatic carbocycles. The van der Waals surface area contributed by atoms with Gasteiger partial charge in [-0.15, -0.1) is 0 Å². The third kappa shape index (κ3) is 1.98. The van der Waals surface area contributed by atoms with E-state index in [1.807, 2.05) is 12.2 Å². The SMILES string of the molecule is C=Cc1cc2[se]c3c4cc5ccccc5cc4[se]c3c2cc1C=C. The molecular weight excluding hydrogens is 422 g/mol. The minimum absolute atomic E-state index is 0.400. The van der Waals surface area contributed by atoms with Crippen molar-refractivity contribution in [2.24, 2.45) is 0 Å². The van der Waals surface area contributed by atoms with Gasteiger partial charge in [-0.3, -0.25) is 0 Å². The standard InChI is InChI=1S/C22H14Se2/c1-3-13-9-17-19(11-14(13)4-2)23-22-18-10-15-7-5-6-8-16(15)12-20(18)24-21(17)22/h3-12H,1-2H2. The number of fused-ring (bicyclic) bond motifs is 6. The van der Waals surface area contributed by atoms with E-state index in [0.717, 1.165) is 0 Å². The monoisotopic (exact) mass is 438 g/mol. The Labute approximate surface area is 152 Å². The number of rotatable bonds is 2. The van der Waals surface area contributed by atoms with Crippen molar-refractivity contribution in [3.05, 3.63) is 72.8 Å². The second kappa shape index (κ2) is 5.34. The van der Waals surface area contributed by atoms with E-state index in [4.69, 9.17) is 0 Å². The maximum absolute atomic E-state index is 3.97. The van der Waals surface area contributed by atoms with Crippen LogP contribution in [0, 0.1) is 0 Å². The van der Waals surface area contributed by atoms with Crippen LogP contribution in [-0.2, 0) is 0 Å². The molecule has 0 bridgehead atoms. The number of hydrogen-bond acceptors (Lipinski definition) is 0. The molecule has 24 heavy (non-hydrogen) atoms. The molecular formula is C22H14Se2. The van der Waals surface area contributed by atoms with Gasteiger partial charge in [-0.2, -0.15) is 0 Å².